The maximum Gasteiger partial charge on any atom is 0.229 e. The lowest BCUT2D eigenvalue weighted by Gasteiger charge is -2.18. The number of nitrogens with zero attached hydrogens (tertiary/aromatic N) is 1. The molecule has 1 saturated heterocycles. The van der Waals surface area contributed by atoms with Crippen LogP contribution in [-0.2, 0) is 16.0 Å². The molecule has 0 spiro atoms. The van der Waals surface area contributed by atoms with Crippen molar-refractivity contribution in [1.82, 2.24) is 0 Å². The van der Waals surface area contributed by atoms with Crippen molar-refractivity contribution in [3.63, 3.8) is 0 Å². The highest BCUT2D eigenvalue weighted by Crippen LogP contribution is 2.30. The van der Waals surface area contributed by atoms with Gasteiger partial charge in [-0.2, -0.15) is 0 Å². The normalized spacial score (nSPS) is 16.5. The highest BCUT2D eigenvalue weighted by molar-refractivity contribution is 9.10. The molecule has 2 amide bonds. The number of nitrogens with one attached hydrogen (secondary N) is 1. The van der Waals surface area contributed by atoms with Crippen LogP contribution in [-0.4, -0.2) is 25.5 Å². The van der Waals surface area contributed by atoms with Gasteiger partial charge in [0, 0.05) is 28.8 Å². The fourth-order valence-electron chi connectivity index (χ4n) is 3.39. The quantitative estimate of drug-likeness (QED) is 0.767. The van der Waals surface area contributed by atoms with Crippen molar-refractivity contribution in [1.29, 1.82) is 0 Å². The fourth-order valence-corrected chi connectivity index (χ4v) is 4.01. The second-order valence-electron chi connectivity index (χ2n) is 6.70. The average Bonchev–Trinajstić information content (AvgIpc) is 3.05. The number of hydrogen-bond donors (Lipinski definition) is 1. The van der Waals surface area contributed by atoms with E-state index in [4.69, 9.17) is 4.74 Å². The first-order chi connectivity index (χ1) is 12.9. The van der Waals surface area contributed by atoms with E-state index in [-0.39, 0.29) is 24.2 Å². The van der Waals surface area contributed by atoms with Gasteiger partial charge in [0.1, 0.15) is 5.75 Å². The fraction of sp³-hybridized carbons (Fsp3) is 0.333. The van der Waals surface area contributed by atoms with Crippen molar-refractivity contribution < 1.29 is 14.3 Å². The summed E-state index contributed by atoms with van der Waals surface area (Å²) in [7, 11) is 1.60. The molecule has 2 aromatic carbocycles. The summed E-state index contributed by atoms with van der Waals surface area (Å²) < 4.78 is 6.15. The summed E-state index contributed by atoms with van der Waals surface area (Å²) in [5.41, 5.74) is 3.71. The first-order valence-electron chi connectivity index (χ1n) is 8.97. The molecule has 0 aliphatic carbocycles. The average molecular weight is 431 g/mol. The van der Waals surface area contributed by atoms with E-state index in [1.54, 1.807) is 12.0 Å². The third kappa shape index (κ3) is 4.16. The molecule has 0 unspecified atom stereocenters. The molecule has 3 rings (SSSR count). The van der Waals surface area contributed by atoms with Gasteiger partial charge < -0.3 is 15.0 Å². The van der Waals surface area contributed by atoms with Crippen LogP contribution in [0, 0.1) is 12.8 Å². The molecule has 6 heteroatoms. The molecule has 1 N–H and O–H groups in total. The van der Waals surface area contributed by atoms with E-state index in [1.807, 2.05) is 43.3 Å². The first kappa shape index (κ1) is 19.4. The van der Waals surface area contributed by atoms with Crippen molar-refractivity contribution in [2.24, 2.45) is 5.92 Å². The molecular weight excluding hydrogens is 408 g/mol. The molecular formula is C21H23BrN2O3. The van der Waals surface area contributed by atoms with Crippen LogP contribution < -0.4 is 15.0 Å². The van der Waals surface area contributed by atoms with Gasteiger partial charge in [-0.15, -0.1) is 0 Å². The summed E-state index contributed by atoms with van der Waals surface area (Å²) >= 11 is 3.50. The number of amides is 2. The molecule has 1 aliphatic rings. The third-order valence-corrected chi connectivity index (χ3v) is 5.35. The van der Waals surface area contributed by atoms with Crippen molar-refractivity contribution in [2.45, 2.75) is 26.7 Å². The molecule has 0 saturated carbocycles. The molecule has 0 radical (unpaired) electrons. The summed E-state index contributed by atoms with van der Waals surface area (Å²) in [5, 5.41) is 3.05. The van der Waals surface area contributed by atoms with Gasteiger partial charge in [0.25, 0.3) is 0 Å². The zero-order valence-corrected chi connectivity index (χ0v) is 17.3. The number of halogens is 1. The number of ether oxygens (including phenoxy) is 1. The zero-order valence-electron chi connectivity index (χ0n) is 15.7. The molecule has 1 atom stereocenters. The van der Waals surface area contributed by atoms with Crippen LogP contribution in [0.2, 0.25) is 0 Å². The lowest BCUT2D eigenvalue weighted by molar-refractivity contribution is -0.122. The first-order valence-corrected chi connectivity index (χ1v) is 9.76. The second-order valence-corrected chi connectivity index (χ2v) is 7.62. The van der Waals surface area contributed by atoms with Gasteiger partial charge in [-0.1, -0.05) is 22.9 Å². The number of carbonyl (C=O) groups excluding carboxylic acids is 2. The molecule has 0 aromatic heterocycles. The zero-order chi connectivity index (χ0) is 19.6. The predicted octanol–water partition coefficient (Wildman–Crippen LogP) is 4.32. The molecule has 1 heterocycles. The second kappa shape index (κ2) is 8.13. The Balaban J connectivity index is 1.74. The van der Waals surface area contributed by atoms with Gasteiger partial charge in [0.2, 0.25) is 11.8 Å². The van der Waals surface area contributed by atoms with Gasteiger partial charge in [0.05, 0.1) is 13.0 Å². The van der Waals surface area contributed by atoms with Crippen LogP contribution in [0.4, 0.5) is 11.4 Å². The Hall–Kier alpha value is -2.34. The van der Waals surface area contributed by atoms with Gasteiger partial charge in [-0.25, -0.2) is 0 Å². The van der Waals surface area contributed by atoms with Crippen molar-refractivity contribution >= 4 is 39.1 Å². The molecule has 5 nitrogen and oxygen atoms in total. The monoisotopic (exact) mass is 430 g/mol. The van der Waals surface area contributed by atoms with E-state index >= 15 is 0 Å². The van der Waals surface area contributed by atoms with Crippen LogP contribution in [0.5, 0.6) is 5.75 Å². The number of hydrogen-bond acceptors (Lipinski definition) is 3. The molecule has 142 valence electrons. The minimum Gasteiger partial charge on any atom is -0.497 e. The van der Waals surface area contributed by atoms with Crippen molar-refractivity contribution in [3.05, 3.63) is 52.0 Å². The molecule has 1 aliphatic heterocycles. The Bertz CT molecular complexity index is 864. The minimum absolute atomic E-state index is 0.0384. The van der Waals surface area contributed by atoms with Gasteiger partial charge in [0.15, 0.2) is 0 Å². The Morgan fingerprint density at radius 2 is 2.00 bits per heavy atom. The highest BCUT2D eigenvalue weighted by atomic mass is 79.9. The molecule has 0 bridgehead atoms. The van der Waals surface area contributed by atoms with Crippen molar-refractivity contribution in [2.75, 3.05) is 23.9 Å². The summed E-state index contributed by atoms with van der Waals surface area (Å²) in [6, 6.07) is 11.3. The number of benzene rings is 2. The van der Waals surface area contributed by atoms with E-state index < -0.39 is 0 Å². The van der Waals surface area contributed by atoms with Crippen LogP contribution in [0.3, 0.4) is 0 Å². The smallest absolute Gasteiger partial charge is 0.229 e. The van der Waals surface area contributed by atoms with Gasteiger partial charge in [-0.3, -0.25) is 9.59 Å². The maximum atomic E-state index is 12.8. The minimum atomic E-state index is -0.368. The Labute approximate surface area is 167 Å². The topological polar surface area (TPSA) is 58.6 Å². The van der Waals surface area contributed by atoms with Crippen LogP contribution in [0.25, 0.3) is 0 Å². The van der Waals surface area contributed by atoms with E-state index in [0.717, 1.165) is 39.1 Å². The van der Waals surface area contributed by atoms with Crippen molar-refractivity contribution in [3.8, 4) is 5.75 Å². The van der Waals surface area contributed by atoms with Crippen LogP contribution in [0.15, 0.2) is 40.9 Å². The number of rotatable bonds is 5. The highest BCUT2D eigenvalue weighted by Gasteiger charge is 2.35. The number of methoxy groups -OCH3 is 1. The predicted molar refractivity (Wildman–Crippen MR) is 110 cm³/mol. The number of aryl methyl sites for hydroxylation is 2. The maximum absolute atomic E-state index is 12.8. The number of anilines is 2. The van der Waals surface area contributed by atoms with E-state index in [0.29, 0.717) is 6.54 Å². The summed E-state index contributed by atoms with van der Waals surface area (Å²) in [6.07, 6.45) is 1.03. The standard InChI is InChI=1S/C21H23BrN2O3/c1-4-14-10-16(22)9-13(2)20(14)23-21(26)15-11-19(25)24(12-15)17-5-7-18(27-3)8-6-17/h5-10,15H,4,11-12H2,1-3H3,(H,23,26)/t15-/m0/s1. The lowest BCUT2D eigenvalue weighted by atomic mass is 10.0. The van der Waals surface area contributed by atoms with E-state index in [2.05, 4.69) is 28.2 Å². The summed E-state index contributed by atoms with van der Waals surface area (Å²) in [5.74, 6) is 0.216. The Morgan fingerprint density at radius 1 is 1.30 bits per heavy atom. The Morgan fingerprint density at radius 3 is 2.63 bits per heavy atom. The number of carbonyl (C=O) groups is 2. The van der Waals surface area contributed by atoms with Gasteiger partial charge >= 0.3 is 0 Å². The SMILES string of the molecule is CCc1cc(Br)cc(C)c1NC(=O)[C@H]1CC(=O)N(c2ccc(OC)cc2)C1. The molecule has 1 fully saturated rings. The summed E-state index contributed by atoms with van der Waals surface area (Å²) in [4.78, 5) is 26.9. The molecule has 27 heavy (non-hydrogen) atoms. The third-order valence-electron chi connectivity index (χ3n) is 4.89. The van der Waals surface area contributed by atoms with Gasteiger partial charge in [-0.05, 0) is 60.9 Å². The molecule has 2 aromatic rings. The lowest BCUT2D eigenvalue weighted by Crippen LogP contribution is -2.28. The summed E-state index contributed by atoms with van der Waals surface area (Å²) in [6.45, 7) is 4.42. The van der Waals surface area contributed by atoms with E-state index in [1.165, 1.54) is 0 Å². The largest absolute Gasteiger partial charge is 0.497 e. The Kier molecular flexibility index (Phi) is 5.85. The van der Waals surface area contributed by atoms with E-state index in [9.17, 15) is 9.59 Å². The van der Waals surface area contributed by atoms with Crippen LogP contribution in [0.1, 0.15) is 24.5 Å². The van der Waals surface area contributed by atoms with Crippen LogP contribution >= 0.6 is 15.9 Å².